The summed E-state index contributed by atoms with van der Waals surface area (Å²) in [5.41, 5.74) is 6.59. The molecule has 0 spiro atoms. The Morgan fingerprint density at radius 3 is 2.78 bits per heavy atom. The summed E-state index contributed by atoms with van der Waals surface area (Å²) in [6, 6.07) is 4.77. The van der Waals surface area contributed by atoms with Crippen LogP contribution in [-0.2, 0) is 4.79 Å². The van der Waals surface area contributed by atoms with Crippen molar-refractivity contribution in [3.63, 3.8) is 0 Å². The molecular weight excluding hydrogens is 254 g/mol. The van der Waals surface area contributed by atoms with E-state index in [0.29, 0.717) is 16.0 Å². The Kier molecular flexibility index (Phi) is 3.15. The number of rotatable bonds is 2. The molecule has 0 atom stereocenters. The number of amides is 1. The zero-order valence-corrected chi connectivity index (χ0v) is 10.2. The first-order valence-electron chi connectivity index (χ1n) is 5.00. The summed E-state index contributed by atoms with van der Waals surface area (Å²) >= 11 is 1.06. The molecule has 1 aliphatic rings. The zero-order valence-electron chi connectivity index (χ0n) is 9.41. The first kappa shape index (κ1) is 12.3. The second kappa shape index (κ2) is 4.61. The maximum Gasteiger partial charge on any atom is 0.286 e. The van der Waals surface area contributed by atoms with Gasteiger partial charge in [0, 0.05) is 11.6 Å². The van der Waals surface area contributed by atoms with Gasteiger partial charge in [-0.3, -0.25) is 14.9 Å². The molecule has 18 heavy (non-hydrogen) atoms. The average molecular weight is 263 g/mol. The molecular formula is C11H9N3O3S. The number of thioether (sulfide) groups is 1. The largest absolute Gasteiger partial charge is 0.378 e. The van der Waals surface area contributed by atoms with Crippen molar-refractivity contribution in [2.45, 2.75) is 6.92 Å². The Labute approximate surface area is 107 Å². The van der Waals surface area contributed by atoms with E-state index in [1.54, 1.807) is 25.1 Å². The van der Waals surface area contributed by atoms with Gasteiger partial charge in [-0.1, -0.05) is 12.1 Å². The fourth-order valence-electron chi connectivity index (χ4n) is 1.49. The lowest BCUT2D eigenvalue weighted by molar-refractivity contribution is -0.385. The molecule has 0 saturated heterocycles. The predicted octanol–water partition coefficient (Wildman–Crippen LogP) is 1.83. The number of aliphatic imine (C=N–C) groups is 1. The maximum atomic E-state index is 11.4. The first-order chi connectivity index (χ1) is 8.47. The number of nitro benzene ring substituents is 1. The van der Waals surface area contributed by atoms with Crippen molar-refractivity contribution in [2.24, 2.45) is 10.7 Å². The Morgan fingerprint density at radius 1 is 1.50 bits per heavy atom. The molecule has 0 aliphatic carbocycles. The fourth-order valence-corrected chi connectivity index (χ4v) is 2.17. The van der Waals surface area contributed by atoms with Crippen LogP contribution >= 0.6 is 11.8 Å². The Hall–Kier alpha value is -2.15. The number of carbonyl (C=O) groups is 1. The third-order valence-electron chi connectivity index (χ3n) is 2.36. The van der Waals surface area contributed by atoms with Crippen LogP contribution in [0.15, 0.2) is 28.1 Å². The van der Waals surface area contributed by atoms with Gasteiger partial charge in [-0.25, -0.2) is 0 Å². The van der Waals surface area contributed by atoms with Gasteiger partial charge in [-0.15, -0.1) is 0 Å². The lowest BCUT2D eigenvalue weighted by atomic mass is 10.1. The quantitative estimate of drug-likeness (QED) is 0.498. The molecule has 92 valence electrons. The summed E-state index contributed by atoms with van der Waals surface area (Å²) < 4.78 is 0. The third kappa shape index (κ3) is 2.40. The van der Waals surface area contributed by atoms with Crippen molar-refractivity contribution in [3.05, 3.63) is 44.3 Å². The van der Waals surface area contributed by atoms with E-state index in [0.717, 1.165) is 11.8 Å². The second-order valence-corrected chi connectivity index (χ2v) is 4.73. The van der Waals surface area contributed by atoms with E-state index in [4.69, 9.17) is 5.73 Å². The van der Waals surface area contributed by atoms with Crippen LogP contribution in [0.1, 0.15) is 11.1 Å². The monoisotopic (exact) mass is 263 g/mol. The molecule has 0 unspecified atom stereocenters. The summed E-state index contributed by atoms with van der Waals surface area (Å²) in [5.74, 6) is -0.416. The maximum absolute atomic E-state index is 11.4. The minimum Gasteiger partial charge on any atom is -0.378 e. The van der Waals surface area contributed by atoms with Crippen LogP contribution in [0.3, 0.4) is 0 Å². The molecule has 0 bridgehead atoms. The molecule has 0 fully saturated rings. The average Bonchev–Trinajstić information content (AvgIpc) is 2.60. The standard InChI is InChI=1S/C11H9N3O3S/c1-6-2-3-7(4-8(6)14(16)17)5-9-10(15)13-11(12)18-9/h2-5H,1H3,(H2,12,13,15)/b9-5-. The molecule has 2 rings (SSSR count). The molecule has 1 heterocycles. The highest BCUT2D eigenvalue weighted by Gasteiger charge is 2.20. The van der Waals surface area contributed by atoms with Crippen molar-refractivity contribution in [2.75, 3.05) is 0 Å². The van der Waals surface area contributed by atoms with Gasteiger partial charge in [-0.2, -0.15) is 4.99 Å². The van der Waals surface area contributed by atoms with E-state index < -0.39 is 10.8 Å². The molecule has 7 heteroatoms. The molecule has 1 aromatic rings. The Bertz CT molecular complexity index is 608. The summed E-state index contributed by atoms with van der Waals surface area (Å²) in [6.07, 6.45) is 1.54. The minimum absolute atomic E-state index is 0.0219. The van der Waals surface area contributed by atoms with Crippen LogP contribution in [0, 0.1) is 17.0 Å². The van der Waals surface area contributed by atoms with Gasteiger partial charge in [0.2, 0.25) is 0 Å². The minimum atomic E-state index is -0.453. The van der Waals surface area contributed by atoms with Crippen LogP contribution in [-0.4, -0.2) is 16.0 Å². The number of hydrogen-bond donors (Lipinski definition) is 1. The van der Waals surface area contributed by atoms with Gasteiger partial charge < -0.3 is 5.73 Å². The second-order valence-electron chi connectivity index (χ2n) is 3.67. The lowest BCUT2D eigenvalue weighted by Gasteiger charge is -1.99. The van der Waals surface area contributed by atoms with Crippen LogP contribution in [0.4, 0.5) is 5.69 Å². The number of carbonyl (C=O) groups excluding carboxylic acids is 1. The van der Waals surface area contributed by atoms with Crippen molar-refractivity contribution in [3.8, 4) is 0 Å². The van der Waals surface area contributed by atoms with E-state index >= 15 is 0 Å². The van der Waals surface area contributed by atoms with E-state index in [-0.39, 0.29) is 10.9 Å². The van der Waals surface area contributed by atoms with Gasteiger partial charge in [0.25, 0.3) is 11.6 Å². The molecule has 0 aromatic heterocycles. The third-order valence-corrected chi connectivity index (χ3v) is 3.18. The summed E-state index contributed by atoms with van der Waals surface area (Å²) in [5, 5.41) is 11.0. The number of nitro groups is 1. The van der Waals surface area contributed by atoms with Crippen LogP contribution in [0.25, 0.3) is 6.08 Å². The topological polar surface area (TPSA) is 98.6 Å². The van der Waals surface area contributed by atoms with Gasteiger partial charge >= 0.3 is 0 Å². The van der Waals surface area contributed by atoms with Crippen molar-refractivity contribution in [1.82, 2.24) is 0 Å². The van der Waals surface area contributed by atoms with E-state index in [1.165, 1.54) is 6.07 Å². The lowest BCUT2D eigenvalue weighted by Crippen LogP contribution is -2.01. The van der Waals surface area contributed by atoms with Gasteiger partial charge in [0.1, 0.15) is 0 Å². The van der Waals surface area contributed by atoms with Crippen LogP contribution in [0.5, 0.6) is 0 Å². The highest BCUT2D eigenvalue weighted by atomic mass is 32.2. The number of nitrogens with zero attached hydrogens (tertiary/aromatic N) is 2. The van der Waals surface area contributed by atoms with Gasteiger partial charge in [0.05, 0.1) is 9.83 Å². The van der Waals surface area contributed by atoms with Crippen molar-refractivity contribution < 1.29 is 9.72 Å². The fraction of sp³-hybridized carbons (Fsp3) is 0.0909. The molecule has 1 amide bonds. The van der Waals surface area contributed by atoms with Gasteiger partial charge in [-0.05, 0) is 30.3 Å². The summed E-state index contributed by atoms with van der Waals surface area (Å²) in [4.78, 5) is 25.7. The van der Waals surface area contributed by atoms with E-state index in [9.17, 15) is 14.9 Å². The number of amidine groups is 1. The Balaban J connectivity index is 2.37. The van der Waals surface area contributed by atoms with Crippen LogP contribution in [0.2, 0.25) is 0 Å². The van der Waals surface area contributed by atoms with E-state index in [2.05, 4.69) is 4.99 Å². The Morgan fingerprint density at radius 2 is 2.22 bits per heavy atom. The van der Waals surface area contributed by atoms with E-state index in [1.807, 2.05) is 0 Å². The van der Waals surface area contributed by atoms with Crippen molar-refractivity contribution >= 4 is 34.6 Å². The van der Waals surface area contributed by atoms with Gasteiger partial charge in [0.15, 0.2) is 5.17 Å². The zero-order chi connectivity index (χ0) is 13.3. The highest BCUT2D eigenvalue weighted by molar-refractivity contribution is 8.18. The van der Waals surface area contributed by atoms with Crippen LogP contribution < -0.4 is 5.73 Å². The van der Waals surface area contributed by atoms with Crippen molar-refractivity contribution in [1.29, 1.82) is 0 Å². The number of benzene rings is 1. The summed E-state index contributed by atoms with van der Waals surface area (Å²) in [7, 11) is 0. The molecule has 0 saturated carbocycles. The molecule has 6 nitrogen and oxygen atoms in total. The first-order valence-corrected chi connectivity index (χ1v) is 5.82. The molecule has 2 N–H and O–H groups in total. The smallest absolute Gasteiger partial charge is 0.286 e. The predicted molar refractivity (Wildman–Crippen MR) is 70.0 cm³/mol. The number of aryl methyl sites for hydroxylation is 1. The SMILES string of the molecule is Cc1ccc(/C=C2\SC(N)=NC2=O)cc1[N+](=O)[O-]. The summed E-state index contributed by atoms with van der Waals surface area (Å²) in [6.45, 7) is 1.66. The molecule has 1 aromatic carbocycles. The molecule has 0 radical (unpaired) electrons. The molecule has 1 aliphatic heterocycles. The highest BCUT2D eigenvalue weighted by Crippen LogP contribution is 2.28. The number of hydrogen-bond acceptors (Lipinski definition) is 5. The normalized spacial score (nSPS) is 17.1. The number of nitrogens with two attached hydrogens (primary N) is 1.